The lowest BCUT2D eigenvalue weighted by Crippen LogP contribution is -2.26. The van der Waals surface area contributed by atoms with Crippen molar-refractivity contribution in [1.29, 1.82) is 0 Å². The molecule has 0 atom stereocenters. The number of anilines is 1. The molecule has 1 aromatic heterocycles. The molecule has 0 aliphatic heterocycles. The van der Waals surface area contributed by atoms with Gasteiger partial charge in [-0.2, -0.15) is 0 Å². The highest BCUT2D eigenvalue weighted by Gasteiger charge is 2.15. The first-order valence-electron chi connectivity index (χ1n) is 11.9. The molecule has 33 heavy (non-hydrogen) atoms. The predicted octanol–water partition coefficient (Wildman–Crippen LogP) is 5.54. The molecule has 0 aliphatic carbocycles. The van der Waals surface area contributed by atoms with E-state index in [-0.39, 0.29) is 0 Å². The predicted molar refractivity (Wildman–Crippen MR) is 145 cm³/mol. The maximum atomic E-state index is 5.18. The largest absolute Gasteiger partial charge is 0.356 e. The van der Waals surface area contributed by atoms with Crippen LogP contribution < -0.4 is 4.90 Å². The van der Waals surface area contributed by atoms with Crippen molar-refractivity contribution in [3.63, 3.8) is 0 Å². The summed E-state index contributed by atoms with van der Waals surface area (Å²) in [5.41, 5.74) is 2.88. The van der Waals surface area contributed by atoms with Crippen molar-refractivity contribution in [1.82, 2.24) is 14.8 Å². The number of benzene rings is 2. The Morgan fingerprint density at radius 3 is 1.82 bits per heavy atom. The maximum absolute atomic E-state index is 5.18. The normalized spacial score (nSPS) is 12.4. The minimum Gasteiger partial charge on any atom is -0.356 e. The van der Waals surface area contributed by atoms with Crippen LogP contribution in [-0.2, 0) is 0 Å². The first-order valence-corrected chi connectivity index (χ1v) is 11.9. The Morgan fingerprint density at radius 2 is 1.27 bits per heavy atom. The molecule has 0 aliphatic rings. The monoisotopic (exact) mass is 446 g/mol. The zero-order valence-corrected chi connectivity index (χ0v) is 21.0. The smallest absolute Gasteiger partial charge is 0.137 e. The van der Waals surface area contributed by atoms with Gasteiger partial charge in [-0.25, -0.2) is 4.98 Å². The van der Waals surface area contributed by atoms with Crippen LogP contribution >= 0.6 is 0 Å². The van der Waals surface area contributed by atoms with E-state index in [4.69, 9.17) is 9.98 Å². The first-order chi connectivity index (χ1) is 15.9. The summed E-state index contributed by atoms with van der Waals surface area (Å²) in [4.78, 5) is 21.1. The van der Waals surface area contributed by atoms with E-state index in [2.05, 4.69) is 69.9 Å². The van der Waals surface area contributed by atoms with Crippen molar-refractivity contribution in [2.45, 2.75) is 26.7 Å². The van der Waals surface area contributed by atoms with Gasteiger partial charge >= 0.3 is 0 Å². The van der Waals surface area contributed by atoms with Gasteiger partial charge in [0.1, 0.15) is 5.82 Å². The van der Waals surface area contributed by atoms with Crippen molar-refractivity contribution in [3.8, 4) is 0 Å². The molecule has 0 amide bonds. The number of fused-ring (bicyclic) bond motifs is 3. The molecule has 0 N–H and O–H groups in total. The van der Waals surface area contributed by atoms with Gasteiger partial charge in [0.25, 0.3) is 0 Å². The fourth-order valence-electron chi connectivity index (χ4n) is 3.85. The molecule has 0 spiro atoms. The lowest BCUT2D eigenvalue weighted by molar-refractivity contribution is 0.473. The van der Waals surface area contributed by atoms with Crippen LogP contribution in [-0.4, -0.2) is 81.6 Å². The molecule has 0 fully saturated rings. The highest BCUT2D eigenvalue weighted by atomic mass is 15.2. The molecule has 6 heteroatoms. The fourth-order valence-corrected chi connectivity index (χ4v) is 3.85. The number of hydrogen-bond acceptors (Lipinski definition) is 6. The molecular formula is C27H38N6. The molecule has 0 bridgehead atoms. The van der Waals surface area contributed by atoms with Crippen molar-refractivity contribution < 1.29 is 0 Å². The van der Waals surface area contributed by atoms with Crippen LogP contribution in [0.3, 0.4) is 0 Å². The quantitative estimate of drug-likeness (QED) is 0.286. The number of nitrogens with zero attached hydrogens (tertiary/aromatic N) is 6. The van der Waals surface area contributed by atoms with Crippen LogP contribution in [0.25, 0.3) is 21.7 Å². The molecule has 176 valence electrons. The summed E-state index contributed by atoms with van der Waals surface area (Å²) >= 11 is 0. The minimum atomic E-state index is 0.812. The highest BCUT2D eigenvalue weighted by molar-refractivity contribution is 6.11. The lowest BCUT2D eigenvalue weighted by atomic mass is 10.0. The van der Waals surface area contributed by atoms with Crippen molar-refractivity contribution in [3.05, 3.63) is 36.4 Å². The van der Waals surface area contributed by atoms with Gasteiger partial charge in [-0.3, -0.25) is 9.98 Å². The Kier molecular flexibility index (Phi) is 8.92. The number of hydrogen-bond donors (Lipinski definition) is 0. The van der Waals surface area contributed by atoms with Crippen LogP contribution in [0.5, 0.6) is 0 Å². The topological polar surface area (TPSA) is 47.3 Å². The molecule has 3 aromatic rings. The third-order valence-electron chi connectivity index (χ3n) is 5.40. The summed E-state index contributed by atoms with van der Waals surface area (Å²) < 4.78 is 0. The molecule has 0 unspecified atom stereocenters. The average Bonchev–Trinajstić information content (AvgIpc) is 2.77. The minimum absolute atomic E-state index is 0.812. The first kappa shape index (κ1) is 24.8. The van der Waals surface area contributed by atoms with Crippen molar-refractivity contribution >= 4 is 51.3 Å². The Balaban J connectivity index is 2.15. The van der Waals surface area contributed by atoms with Gasteiger partial charge in [0.2, 0.25) is 0 Å². The van der Waals surface area contributed by atoms with Gasteiger partial charge in [-0.15, -0.1) is 0 Å². The lowest BCUT2D eigenvalue weighted by Gasteiger charge is -2.25. The van der Waals surface area contributed by atoms with E-state index in [1.807, 2.05) is 40.6 Å². The van der Waals surface area contributed by atoms with Gasteiger partial charge in [0.05, 0.1) is 16.9 Å². The molecule has 0 saturated carbocycles. The standard InChI is InChI=1S/C27H38N6/c1-7-15-33(16-8-2)27-25-19-21(28-13-17-31(3)4)9-11-23(25)24-12-10-22(20-26(24)30-27)29-14-18-32(5)6/h9-14,19-20H,7-8,15-18H2,1-6H3. The molecular weight excluding hydrogens is 408 g/mol. The molecule has 0 radical (unpaired) electrons. The zero-order chi connectivity index (χ0) is 23.8. The van der Waals surface area contributed by atoms with E-state index < -0.39 is 0 Å². The Hall–Kier alpha value is -2.83. The van der Waals surface area contributed by atoms with Crippen LogP contribution in [0.1, 0.15) is 26.7 Å². The summed E-state index contributed by atoms with van der Waals surface area (Å²) in [5, 5.41) is 3.52. The van der Waals surface area contributed by atoms with Crippen LogP contribution in [0.4, 0.5) is 17.2 Å². The third-order valence-corrected chi connectivity index (χ3v) is 5.40. The zero-order valence-electron chi connectivity index (χ0n) is 21.0. The van der Waals surface area contributed by atoms with Gasteiger partial charge in [-0.05, 0) is 70.7 Å². The second-order valence-corrected chi connectivity index (χ2v) is 9.00. The van der Waals surface area contributed by atoms with Crippen LogP contribution in [0.2, 0.25) is 0 Å². The van der Waals surface area contributed by atoms with Gasteiger partial charge in [-0.1, -0.05) is 26.0 Å². The Morgan fingerprint density at radius 1 is 0.727 bits per heavy atom. The fraction of sp³-hybridized carbons (Fsp3) is 0.444. The van der Waals surface area contributed by atoms with Gasteiger partial charge < -0.3 is 14.7 Å². The SMILES string of the molecule is CCCN(CCC)c1nc2cc(N=CCN(C)C)ccc2c2ccc(N=CCN(C)C)cc12. The van der Waals surface area contributed by atoms with Crippen LogP contribution in [0, 0.1) is 0 Å². The van der Waals surface area contributed by atoms with E-state index in [9.17, 15) is 0 Å². The average molecular weight is 447 g/mol. The second-order valence-electron chi connectivity index (χ2n) is 9.00. The van der Waals surface area contributed by atoms with Gasteiger partial charge in [0, 0.05) is 49.4 Å². The summed E-state index contributed by atoms with van der Waals surface area (Å²) in [5.74, 6) is 1.04. The molecule has 2 aromatic carbocycles. The maximum Gasteiger partial charge on any atom is 0.137 e. The van der Waals surface area contributed by atoms with Crippen molar-refractivity contribution in [2.24, 2.45) is 9.98 Å². The second kappa shape index (κ2) is 11.9. The Labute approximate surface area is 198 Å². The number of aliphatic imine (C=N–C) groups is 2. The van der Waals surface area contributed by atoms with E-state index in [0.717, 1.165) is 72.5 Å². The summed E-state index contributed by atoms with van der Waals surface area (Å²) in [6.07, 6.45) is 6.07. The molecule has 1 heterocycles. The number of rotatable bonds is 11. The highest BCUT2D eigenvalue weighted by Crippen LogP contribution is 2.35. The van der Waals surface area contributed by atoms with E-state index in [0.29, 0.717) is 0 Å². The van der Waals surface area contributed by atoms with E-state index in [1.165, 1.54) is 5.39 Å². The molecule has 3 rings (SSSR count). The van der Waals surface area contributed by atoms with E-state index >= 15 is 0 Å². The van der Waals surface area contributed by atoms with Crippen molar-refractivity contribution in [2.75, 3.05) is 59.3 Å². The number of aromatic nitrogens is 1. The summed E-state index contributed by atoms with van der Waals surface area (Å²) in [6.45, 7) is 8.04. The van der Waals surface area contributed by atoms with Crippen LogP contribution in [0.15, 0.2) is 46.4 Å². The Bertz CT molecular complexity index is 1110. The van der Waals surface area contributed by atoms with Gasteiger partial charge in [0.15, 0.2) is 0 Å². The summed E-state index contributed by atoms with van der Waals surface area (Å²) in [6, 6.07) is 12.8. The molecule has 6 nitrogen and oxygen atoms in total. The number of pyridine rings is 1. The third kappa shape index (κ3) is 6.59. The summed E-state index contributed by atoms with van der Waals surface area (Å²) in [7, 11) is 8.18. The molecule has 0 saturated heterocycles. The van der Waals surface area contributed by atoms with E-state index in [1.54, 1.807) is 0 Å².